The number of halogens is 4. The van der Waals surface area contributed by atoms with Crippen LogP contribution in [0.4, 0.5) is 13.2 Å². The summed E-state index contributed by atoms with van der Waals surface area (Å²) in [6.07, 6.45) is -0.792. The maximum Gasteiger partial charge on any atom is 0.244 e. The van der Waals surface area contributed by atoms with Gasteiger partial charge in [-0.1, -0.05) is 48.0 Å². The zero-order valence-electron chi connectivity index (χ0n) is 17.2. The van der Waals surface area contributed by atoms with Gasteiger partial charge in [0.25, 0.3) is 0 Å². The first-order valence-electron chi connectivity index (χ1n) is 10.3. The predicted octanol–water partition coefficient (Wildman–Crippen LogP) is 4.66. The number of aromatic nitrogens is 4. The number of hydrogen-bond donors (Lipinski definition) is 0. The first kappa shape index (κ1) is 21.4. The molecule has 0 aliphatic carbocycles. The largest absolute Gasteiger partial charge is 0.338 e. The fraction of sp³-hybridized carbons (Fsp3) is 0.217. The van der Waals surface area contributed by atoms with Crippen LogP contribution in [0, 0.1) is 11.6 Å². The van der Waals surface area contributed by atoms with E-state index in [-0.39, 0.29) is 52.7 Å². The Morgan fingerprint density at radius 2 is 1.85 bits per heavy atom. The number of amides is 1. The highest BCUT2D eigenvalue weighted by Gasteiger charge is 2.28. The maximum absolute atomic E-state index is 14.7. The molecule has 6 nitrogen and oxygen atoms in total. The van der Waals surface area contributed by atoms with Crippen molar-refractivity contribution in [3.8, 4) is 22.5 Å². The van der Waals surface area contributed by atoms with Gasteiger partial charge in [-0.2, -0.15) is 5.10 Å². The van der Waals surface area contributed by atoms with Crippen molar-refractivity contribution >= 4 is 28.5 Å². The summed E-state index contributed by atoms with van der Waals surface area (Å²) in [4.78, 5) is 14.1. The zero-order chi connectivity index (χ0) is 23.1. The van der Waals surface area contributed by atoms with Crippen molar-refractivity contribution in [2.75, 3.05) is 13.1 Å². The first-order chi connectivity index (χ1) is 15.9. The highest BCUT2D eigenvalue weighted by Crippen LogP contribution is 2.38. The van der Waals surface area contributed by atoms with Crippen LogP contribution < -0.4 is 0 Å². The van der Waals surface area contributed by atoms with Crippen LogP contribution >= 0.6 is 11.6 Å². The van der Waals surface area contributed by atoms with Gasteiger partial charge in [-0.3, -0.25) is 4.79 Å². The van der Waals surface area contributed by atoms with Gasteiger partial charge in [0.05, 0.1) is 17.0 Å². The Morgan fingerprint density at radius 3 is 2.58 bits per heavy atom. The fourth-order valence-corrected chi connectivity index (χ4v) is 4.28. The number of carbonyl (C=O) groups is 1. The van der Waals surface area contributed by atoms with Gasteiger partial charge in [0, 0.05) is 17.7 Å². The molecule has 10 heteroatoms. The molecule has 1 aliphatic heterocycles. The van der Waals surface area contributed by atoms with Crippen LogP contribution in [0.5, 0.6) is 0 Å². The van der Waals surface area contributed by atoms with Crippen molar-refractivity contribution in [3.05, 3.63) is 65.2 Å². The summed E-state index contributed by atoms with van der Waals surface area (Å²) in [6.45, 7) is 0.0407. The lowest BCUT2D eigenvalue weighted by Crippen LogP contribution is -2.32. The molecule has 0 saturated carbocycles. The monoisotopic (exact) mass is 471 g/mol. The Bertz CT molecular complexity index is 1360. The van der Waals surface area contributed by atoms with E-state index in [4.69, 9.17) is 11.6 Å². The van der Waals surface area contributed by atoms with E-state index in [9.17, 15) is 18.0 Å². The molecule has 1 atom stereocenters. The Labute approximate surface area is 191 Å². The van der Waals surface area contributed by atoms with E-state index in [1.807, 2.05) is 6.07 Å². The SMILES string of the molecule is O=C(Cn1nc(-c2cccc(F)c2F)c2c(Cl)c(-c3ccccc3)nnc21)N1CC[C@@H](F)C1. The second-order valence-corrected chi connectivity index (χ2v) is 8.14. The van der Waals surface area contributed by atoms with Gasteiger partial charge in [-0.25, -0.2) is 17.9 Å². The lowest BCUT2D eigenvalue weighted by atomic mass is 10.1. The third-order valence-corrected chi connectivity index (χ3v) is 5.99. The van der Waals surface area contributed by atoms with Gasteiger partial charge < -0.3 is 4.90 Å². The summed E-state index contributed by atoms with van der Waals surface area (Å²) in [6, 6.07) is 12.8. The van der Waals surface area contributed by atoms with E-state index in [0.717, 1.165) is 6.07 Å². The van der Waals surface area contributed by atoms with Gasteiger partial charge in [-0.05, 0) is 18.6 Å². The normalized spacial score (nSPS) is 16.0. The van der Waals surface area contributed by atoms with Crippen LogP contribution in [0.15, 0.2) is 48.5 Å². The third-order valence-electron chi connectivity index (χ3n) is 5.62. The first-order valence-corrected chi connectivity index (χ1v) is 10.7. The minimum Gasteiger partial charge on any atom is -0.338 e. The van der Waals surface area contributed by atoms with Crippen LogP contribution in [-0.4, -0.2) is 50.0 Å². The van der Waals surface area contributed by atoms with Gasteiger partial charge in [0.15, 0.2) is 17.3 Å². The van der Waals surface area contributed by atoms with Crippen molar-refractivity contribution in [2.45, 2.75) is 19.1 Å². The molecule has 4 aromatic rings. The molecule has 2 aromatic carbocycles. The molecule has 0 radical (unpaired) electrons. The van der Waals surface area contributed by atoms with Crippen LogP contribution in [0.3, 0.4) is 0 Å². The minimum absolute atomic E-state index is 0.00794. The van der Waals surface area contributed by atoms with Crippen LogP contribution in [0.1, 0.15) is 6.42 Å². The average Bonchev–Trinajstić information content (AvgIpc) is 3.41. The average molecular weight is 472 g/mol. The fourth-order valence-electron chi connectivity index (χ4n) is 3.95. The Kier molecular flexibility index (Phi) is 5.49. The van der Waals surface area contributed by atoms with Gasteiger partial charge in [0.2, 0.25) is 5.91 Å². The second-order valence-electron chi connectivity index (χ2n) is 7.76. The number of likely N-dealkylation sites (tertiary alicyclic amines) is 1. The van der Waals surface area contributed by atoms with E-state index in [1.165, 1.54) is 21.7 Å². The number of rotatable bonds is 4. The Balaban J connectivity index is 1.68. The topological polar surface area (TPSA) is 63.9 Å². The highest BCUT2D eigenvalue weighted by molar-refractivity contribution is 6.38. The second kappa shape index (κ2) is 8.47. The van der Waals surface area contributed by atoms with Gasteiger partial charge in [0.1, 0.15) is 24.1 Å². The van der Waals surface area contributed by atoms with Crippen LogP contribution in [0.2, 0.25) is 5.02 Å². The molecule has 0 unspecified atom stereocenters. The van der Waals surface area contributed by atoms with Crippen LogP contribution in [0.25, 0.3) is 33.5 Å². The number of fused-ring (bicyclic) bond motifs is 1. The maximum atomic E-state index is 14.7. The zero-order valence-corrected chi connectivity index (χ0v) is 17.9. The number of nitrogens with zero attached hydrogens (tertiary/aromatic N) is 5. The van der Waals surface area contributed by atoms with E-state index >= 15 is 0 Å². The molecule has 1 fully saturated rings. The summed E-state index contributed by atoms with van der Waals surface area (Å²) in [5, 5.41) is 13.2. The lowest BCUT2D eigenvalue weighted by Gasteiger charge is -2.15. The van der Waals surface area contributed by atoms with Crippen molar-refractivity contribution in [1.29, 1.82) is 0 Å². The summed E-state index contributed by atoms with van der Waals surface area (Å²) in [5.74, 6) is -2.50. The molecule has 0 N–H and O–H groups in total. The van der Waals surface area contributed by atoms with Crippen molar-refractivity contribution in [1.82, 2.24) is 24.9 Å². The van der Waals surface area contributed by atoms with E-state index in [1.54, 1.807) is 24.3 Å². The molecule has 33 heavy (non-hydrogen) atoms. The third kappa shape index (κ3) is 3.82. The van der Waals surface area contributed by atoms with Gasteiger partial charge in [-0.15, -0.1) is 10.2 Å². The lowest BCUT2D eigenvalue weighted by molar-refractivity contribution is -0.131. The number of alkyl halides is 1. The van der Waals surface area contributed by atoms with Crippen LogP contribution in [-0.2, 0) is 11.3 Å². The predicted molar refractivity (Wildman–Crippen MR) is 117 cm³/mol. The summed E-state index contributed by atoms with van der Waals surface area (Å²) in [7, 11) is 0. The summed E-state index contributed by atoms with van der Waals surface area (Å²) >= 11 is 6.70. The molecule has 2 aromatic heterocycles. The van der Waals surface area contributed by atoms with Gasteiger partial charge >= 0.3 is 0 Å². The summed E-state index contributed by atoms with van der Waals surface area (Å²) in [5.41, 5.74) is 1.08. The molecule has 168 valence electrons. The molecular weight excluding hydrogens is 455 g/mol. The molecule has 3 heterocycles. The standard InChI is InChI=1S/C23H17ClF3N5O/c24-19-18-22(15-7-4-8-16(26)20(15)27)30-32(12-17(33)31-10-9-14(25)11-31)23(18)29-28-21(19)13-5-2-1-3-6-13/h1-8,14H,9-12H2/t14-/m1/s1. The minimum atomic E-state index is -1.09. The van der Waals surface area contributed by atoms with Crippen molar-refractivity contribution in [3.63, 3.8) is 0 Å². The molecule has 1 amide bonds. The van der Waals surface area contributed by atoms with E-state index < -0.39 is 17.8 Å². The quantitative estimate of drug-likeness (QED) is 0.434. The van der Waals surface area contributed by atoms with Crippen molar-refractivity contribution in [2.24, 2.45) is 0 Å². The van der Waals surface area contributed by atoms with Crippen molar-refractivity contribution < 1.29 is 18.0 Å². The van der Waals surface area contributed by atoms with E-state index in [0.29, 0.717) is 17.8 Å². The smallest absolute Gasteiger partial charge is 0.244 e. The Hall–Kier alpha value is -3.46. The molecule has 0 bridgehead atoms. The molecular formula is C23H17ClF3N5O. The number of benzene rings is 2. The number of carbonyl (C=O) groups excluding carboxylic acids is 1. The molecule has 1 aliphatic rings. The highest BCUT2D eigenvalue weighted by atomic mass is 35.5. The van der Waals surface area contributed by atoms with E-state index in [2.05, 4.69) is 15.3 Å². The molecule has 1 saturated heterocycles. The Morgan fingerprint density at radius 1 is 1.06 bits per heavy atom. The summed E-state index contributed by atoms with van der Waals surface area (Å²) < 4.78 is 43.5. The molecule has 0 spiro atoms. The molecule has 5 rings (SSSR count). The number of hydrogen-bond acceptors (Lipinski definition) is 4.